The monoisotopic (exact) mass is 388 g/mol. The van der Waals surface area contributed by atoms with Gasteiger partial charge >= 0.3 is 0 Å². The predicted molar refractivity (Wildman–Crippen MR) is 99.3 cm³/mol. The Kier molecular flexibility index (Phi) is 4.52. The first-order valence-electron chi connectivity index (χ1n) is 8.26. The summed E-state index contributed by atoms with van der Waals surface area (Å²) in [4.78, 5) is 1.87. The molecule has 1 atom stereocenters. The van der Waals surface area contributed by atoms with Gasteiger partial charge in [-0.05, 0) is 41.8 Å². The Hall–Kier alpha value is -2.22. The van der Waals surface area contributed by atoms with Crippen molar-refractivity contribution in [3.63, 3.8) is 0 Å². The highest BCUT2D eigenvalue weighted by Gasteiger charge is 2.34. The third kappa shape index (κ3) is 3.25. The molecule has 134 valence electrons. The Morgan fingerprint density at radius 3 is 2.42 bits per heavy atom. The zero-order chi connectivity index (χ0) is 18.1. The van der Waals surface area contributed by atoms with Gasteiger partial charge in [0.05, 0.1) is 23.3 Å². The number of hydrogen-bond acceptors (Lipinski definition) is 4. The fourth-order valence-corrected chi connectivity index (χ4v) is 4.85. The zero-order valence-corrected chi connectivity index (χ0v) is 15.4. The summed E-state index contributed by atoms with van der Waals surface area (Å²) in [5.41, 5.74) is 1.87. The highest BCUT2D eigenvalue weighted by atomic mass is 35.5. The predicted octanol–water partition coefficient (Wildman–Crippen LogP) is 3.23. The fourth-order valence-electron chi connectivity index (χ4n) is 3.17. The molecule has 0 radical (unpaired) electrons. The van der Waals surface area contributed by atoms with E-state index in [1.807, 2.05) is 24.3 Å². The minimum Gasteiger partial charge on any atom is -0.207 e. The van der Waals surface area contributed by atoms with Gasteiger partial charge < -0.3 is 0 Å². The van der Waals surface area contributed by atoms with E-state index in [9.17, 15) is 8.42 Å². The Morgan fingerprint density at radius 1 is 1.00 bits per heavy atom. The van der Waals surface area contributed by atoms with Crippen molar-refractivity contribution in [2.75, 3.05) is 13.1 Å². The molecule has 4 rings (SSSR count). The second-order valence-electron chi connectivity index (χ2n) is 6.19. The maximum Gasteiger partial charge on any atom is 0.243 e. The quantitative estimate of drug-likeness (QED) is 0.688. The average Bonchev–Trinajstić information content (AvgIpc) is 3.33. The van der Waals surface area contributed by atoms with Crippen LogP contribution in [0.4, 0.5) is 0 Å². The molecular formula is C18H17ClN4O2S. The van der Waals surface area contributed by atoms with Crippen LogP contribution in [0, 0.1) is 0 Å². The van der Waals surface area contributed by atoms with Gasteiger partial charge in [0.2, 0.25) is 10.0 Å². The topological polar surface area (TPSA) is 68.1 Å². The van der Waals surface area contributed by atoms with Gasteiger partial charge in [0.25, 0.3) is 0 Å². The van der Waals surface area contributed by atoms with Crippen molar-refractivity contribution in [2.45, 2.75) is 17.4 Å². The molecule has 2 heterocycles. The molecule has 0 bridgehead atoms. The van der Waals surface area contributed by atoms with Gasteiger partial charge in [0.1, 0.15) is 0 Å². The molecule has 26 heavy (non-hydrogen) atoms. The zero-order valence-electron chi connectivity index (χ0n) is 13.9. The molecule has 8 heteroatoms. The summed E-state index contributed by atoms with van der Waals surface area (Å²) in [6.07, 6.45) is 3.91. The van der Waals surface area contributed by atoms with E-state index < -0.39 is 10.0 Å². The van der Waals surface area contributed by atoms with Gasteiger partial charge in [-0.3, -0.25) is 0 Å². The minimum absolute atomic E-state index is 0.0227. The van der Waals surface area contributed by atoms with E-state index in [1.54, 1.807) is 41.5 Å². The largest absolute Gasteiger partial charge is 0.243 e. The van der Waals surface area contributed by atoms with E-state index in [0.29, 0.717) is 24.5 Å². The van der Waals surface area contributed by atoms with Crippen molar-refractivity contribution < 1.29 is 8.42 Å². The molecule has 0 N–H and O–H groups in total. The molecule has 0 aliphatic carbocycles. The maximum absolute atomic E-state index is 12.9. The van der Waals surface area contributed by atoms with Crippen LogP contribution in [0.15, 0.2) is 65.8 Å². The summed E-state index contributed by atoms with van der Waals surface area (Å²) >= 11 is 6.03. The first kappa shape index (κ1) is 17.2. The van der Waals surface area contributed by atoms with Crippen molar-refractivity contribution in [1.29, 1.82) is 0 Å². The lowest BCUT2D eigenvalue weighted by atomic mass is 10.1. The molecule has 2 aromatic carbocycles. The minimum atomic E-state index is -3.53. The Bertz CT molecular complexity index is 1000. The van der Waals surface area contributed by atoms with Crippen LogP contribution in [0.25, 0.3) is 11.1 Å². The Labute approximate surface area is 157 Å². The van der Waals surface area contributed by atoms with Crippen LogP contribution < -0.4 is 0 Å². The van der Waals surface area contributed by atoms with Gasteiger partial charge in [0, 0.05) is 18.1 Å². The molecule has 3 aromatic rings. The number of benzene rings is 2. The van der Waals surface area contributed by atoms with Crippen LogP contribution in [0.2, 0.25) is 5.02 Å². The number of rotatable bonds is 4. The second kappa shape index (κ2) is 6.83. The summed E-state index contributed by atoms with van der Waals surface area (Å²) < 4.78 is 27.3. The molecule has 1 fully saturated rings. The molecule has 0 spiro atoms. The van der Waals surface area contributed by atoms with Gasteiger partial charge in [-0.25, -0.2) is 8.42 Å². The van der Waals surface area contributed by atoms with Gasteiger partial charge in [0.15, 0.2) is 0 Å². The van der Waals surface area contributed by atoms with E-state index >= 15 is 0 Å². The molecule has 1 aromatic heterocycles. The van der Waals surface area contributed by atoms with Gasteiger partial charge in [-0.1, -0.05) is 35.9 Å². The first-order chi connectivity index (χ1) is 12.5. The highest BCUT2D eigenvalue weighted by molar-refractivity contribution is 7.89. The molecule has 1 aliphatic rings. The van der Waals surface area contributed by atoms with Crippen molar-refractivity contribution in [3.8, 4) is 11.1 Å². The number of halogens is 1. The van der Waals surface area contributed by atoms with Crippen LogP contribution in [0.5, 0.6) is 0 Å². The molecule has 1 saturated heterocycles. The average molecular weight is 389 g/mol. The third-order valence-electron chi connectivity index (χ3n) is 4.54. The smallest absolute Gasteiger partial charge is 0.207 e. The normalized spacial score (nSPS) is 18.3. The standard InChI is InChI=1S/C18H17ClN4O2S/c19-16-3-1-2-15(12-16)14-4-6-18(7-5-14)26(24,25)22-11-8-17(13-22)23-20-9-10-21-23/h1-7,9-10,12,17H,8,11,13H2/t17-/m0/s1. The van der Waals surface area contributed by atoms with E-state index in [1.165, 1.54) is 4.31 Å². The van der Waals surface area contributed by atoms with Crippen molar-refractivity contribution in [3.05, 3.63) is 65.9 Å². The van der Waals surface area contributed by atoms with Crippen molar-refractivity contribution >= 4 is 21.6 Å². The number of nitrogens with zero attached hydrogens (tertiary/aromatic N) is 4. The van der Waals surface area contributed by atoms with Crippen LogP contribution in [0.1, 0.15) is 12.5 Å². The first-order valence-corrected chi connectivity index (χ1v) is 10.1. The fraction of sp³-hybridized carbons (Fsp3) is 0.222. The molecule has 1 aliphatic heterocycles. The molecule has 0 unspecified atom stereocenters. The van der Waals surface area contributed by atoms with Crippen molar-refractivity contribution in [1.82, 2.24) is 19.3 Å². The summed E-state index contributed by atoms with van der Waals surface area (Å²) in [6.45, 7) is 0.845. The molecule has 0 saturated carbocycles. The lowest BCUT2D eigenvalue weighted by molar-refractivity contribution is 0.402. The van der Waals surface area contributed by atoms with E-state index in [4.69, 9.17) is 11.6 Å². The number of hydrogen-bond donors (Lipinski definition) is 0. The van der Waals surface area contributed by atoms with Crippen LogP contribution in [0.3, 0.4) is 0 Å². The molecular weight excluding hydrogens is 372 g/mol. The Balaban J connectivity index is 1.55. The summed E-state index contributed by atoms with van der Waals surface area (Å²) in [5, 5.41) is 8.87. The van der Waals surface area contributed by atoms with E-state index in [0.717, 1.165) is 11.1 Å². The maximum atomic E-state index is 12.9. The second-order valence-corrected chi connectivity index (χ2v) is 8.56. The van der Waals surface area contributed by atoms with Crippen LogP contribution in [-0.2, 0) is 10.0 Å². The van der Waals surface area contributed by atoms with Gasteiger partial charge in [-0.15, -0.1) is 0 Å². The number of sulfonamides is 1. The van der Waals surface area contributed by atoms with E-state index in [2.05, 4.69) is 10.2 Å². The SMILES string of the molecule is O=S(=O)(c1ccc(-c2cccc(Cl)c2)cc1)N1CC[C@H](n2nccn2)C1. The highest BCUT2D eigenvalue weighted by Crippen LogP contribution is 2.28. The lowest BCUT2D eigenvalue weighted by Gasteiger charge is -2.16. The van der Waals surface area contributed by atoms with E-state index in [-0.39, 0.29) is 10.9 Å². The summed E-state index contributed by atoms with van der Waals surface area (Å²) in [7, 11) is -3.53. The lowest BCUT2D eigenvalue weighted by Crippen LogP contribution is -2.29. The number of aromatic nitrogens is 3. The van der Waals surface area contributed by atoms with Crippen LogP contribution >= 0.6 is 11.6 Å². The summed E-state index contributed by atoms with van der Waals surface area (Å²) in [5.74, 6) is 0. The Morgan fingerprint density at radius 2 is 1.73 bits per heavy atom. The third-order valence-corrected chi connectivity index (χ3v) is 6.65. The van der Waals surface area contributed by atoms with Crippen molar-refractivity contribution in [2.24, 2.45) is 0 Å². The van der Waals surface area contributed by atoms with Gasteiger partial charge in [-0.2, -0.15) is 19.3 Å². The molecule has 6 nitrogen and oxygen atoms in total. The van der Waals surface area contributed by atoms with Crippen LogP contribution in [-0.4, -0.2) is 40.8 Å². The molecule has 0 amide bonds. The summed E-state index contributed by atoms with van der Waals surface area (Å²) in [6, 6.07) is 14.4.